The van der Waals surface area contributed by atoms with E-state index in [1.807, 2.05) is 36.4 Å². The summed E-state index contributed by atoms with van der Waals surface area (Å²) in [5, 5.41) is 0. The van der Waals surface area contributed by atoms with Gasteiger partial charge in [-0.3, -0.25) is 4.84 Å². The van der Waals surface area contributed by atoms with E-state index >= 15 is 0 Å². The number of benzene rings is 2. The molecule has 0 aliphatic carbocycles. The first-order chi connectivity index (χ1) is 10.1. The highest BCUT2D eigenvalue weighted by Crippen LogP contribution is 2.39. The molecule has 0 aromatic heterocycles. The fourth-order valence-electron chi connectivity index (χ4n) is 2.71. The smallest absolute Gasteiger partial charge is 0.124 e. The van der Waals surface area contributed by atoms with Gasteiger partial charge in [-0.2, -0.15) is 5.48 Å². The summed E-state index contributed by atoms with van der Waals surface area (Å²) in [4.78, 5) is 5.70. The van der Waals surface area contributed by atoms with Gasteiger partial charge < -0.3 is 4.74 Å². The highest BCUT2D eigenvalue weighted by molar-refractivity contribution is 5.38. The molecule has 1 aliphatic rings. The van der Waals surface area contributed by atoms with Gasteiger partial charge in [0.1, 0.15) is 11.4 Å². The zero-order valence-corrected chi connectivity index (χ0v) is 12.5. The molecular formula is C18H21NO2. The molecule has 0 saturated carbocycles. The Kier molecular flexibility index (Phi) is 3.95. The third-order valence-electron chi connectivity index (χ3n) is 3.68. The average molecular weight is 283 g/mol. The molecule has 1 atom stereocenters. The van der Waals surface area contributed by atoms with Crippen molar-refractivity contribution in [2.45, 2.75) is 38.5 Å². The molecule has 3 rings (SSSR count). The number of ether oxygens (including phenoxy) is 1. The quantitative estimate of drug-likeness (QED) is 0.860. The van der Waals surface area contributed by atoms with Crippen LogP contribution < -0.4 is 10.2 Å². The Morgan fingerprint density at radius 1 is 1.10 bits per heavy atom. The number of nitrogens with one attached hydrogen (secondary N) is 1. The molecule has 1 aliphatic heterocycles. The second-order valence-corrected chi connectivity index (χ2v) is 6.05. The number of para-hydroxylation sites is 1. The number of rotatable bonds is 4. The molecule has 0 spiro atoms. The van der Waals surface area contributed by atoms with Gasteiger partial charge in [-0.1, -0.05) is 48.5 Å². The zero-order valence-electron chi connectivity index (χ0n) is 12.5. The SMILES string of the molecule is CC1(C)CC(NOCc2ccccc2)c2ccccc2O1. The Labute approximate surface area is 125 Å². The Hall–Kier alpha value is -1.84. The molecule has 0 amide bonds. The van der Waals surface area contributed by atoms with Crippen LogP contribution in [-0.2, 0) is 11.4 Å². The Bertz CT molecular complexity index is 595. The number of hydrogen-bond donors (Lipinski definition) is 1. The maximum Gasteiger partial charge on any atom is 0.124 e. The standard InChI is InChI=1S/C18H21NO2/c1-18(2)12-16(15-10-6-7-11-17(15)21-18)19-20-13-14-8-4-3-5-9-14/h3-11,16,19H,12-13H2,1-2H3. The summed E-state index contributed by atoms with van der Waals surface area (Å²) in [5.41, 5.74) is 5.32. The van der Waals surface area contributed by atoms with Gasteiger partial charge in [0.15, 0.2) is 0 Å². The minimum atomic E-state index is -0.192. The molecule has 2 aromatic rings. The van der Waals surface area contributed by atoms with Gasteiger partial charge in [-0.15, -0.1) is 0 Å². The first-order valence-corrected chi connectivity index (χ1v) is 7.33. The van der Waals surface area contributed by atoms with Gasteiger partial charge in [0.2, 0.25) is 0 Å². The van der Waals surface area contributed by atoms with Gasteiger partial charge in [-0.25, -0.2) is 0 Å². The third kappa shape index (κ3) is 3.43. The Morgan fingerprint density at radius 3 is 2.62 bits per heavy atom. The lowest BCUT2D eigenvalue weighted by molar-refractivity contribution is -0.0299. The molecule has 0 bridgehead atoms. The molecule has 3 heteroatoms. The molecule has 1 heterocycles. The van der Waals surface area contributed by atoms with Crippen molar-refractivity contribution in [3.63, 3.8) is 0 Å². The normalized spacial score (nSPS) is 19.6. The second-order valence-electron chi connectivity index (χ2n) is 6.05. The minimum Gasteiger partial charge on any atom is -0.487 e. The largest absolute Gasteiger partial charge is 0.487 e. The third-order valence-corrected chi connectivity index (χ3v) is 3.68. The average Bonchev–Trinajstić information content (AvgIpc) is 2.47. The van der Waals surface area contributed by atoms with Crippen LogP contribution in [-0.4, -0.2) is 5.60 Å². The summed E-state index contributed by atoms with van der Waals surface area (Å²) in [5.74, 6) is 0.939. The molecule has 0 fully saturated rings. The van der Waals surface area contributed by atoms with Crippen LogP contribution in [0.15, 0.2) is 54.6 Å². The van der Waals surface area contributed by atoms with Crippen LogP contribution in [0.25, 0.3) is 0 Å². The van der Waals surface area contributed by atoms with E-state index in [0.29, 0.717) is 6.61 Å². The Morgan fingerprint density at radius 2 is 1.81 bits per heavy atom. The lowest BCUT2D eigenvalue weighted by atomic mass is 9.90. The van der Waals surface area contributed by atoms with Crippen LogP contribution in [0.2, 0.25) is 0 Å². The van der Waals surface area contributed by atoms with E-state index in [-0.39, 0.29) is 11.6 Å². The molecule has 1 unspecified atom stereocenters. The summed E-state index contributed by atoms with van der Waals surface area (Å²) in [6.45, 7) is 4.77. The summed E-state index contributed by atoms with van der Waals surface area (Å²) in [6.07, 6.45) is 0.874. The van der Waals surface area contributed by atoms with E-state index < -0.39 is 0 Å². The maximum atomic E-state index is 6.02. The highest BCUT2D eigenvalue weighted by atomic mass is 16.6. The van der Waals surface area contributed by atoms with Gasteiger partial charge in [0.25, 0.3) is 0 Å². The molecule has 0 radical (unpaired) electrons. The molecule has 3 nitrogen and oxygen atoms in total. The zero-order chi connectivity index (χ0) is 14.7. The lowest BCUT2D eigenvalue weighted by Gasteiger charge is -2.37. The summed E-state index contributed by atoms with van der Waals surface area (Å²) >= 11 is 0. The van der Waals surface area contributed by atoms with Gasteiger partial charge in [0, 0.05) is 12.0 Å². The predicted octanol–water partition coefficient (Wildman–Crippen LogP) is 4.01. The van der Waals surface area contributed by atoms with Crippen molar-refractivity contribution >= 4 is 0 Å². The van der Waals surface area contributed by atoms with Crippen molar-refractivity contribution in [3.05, 3.63) is 65.7 Å². The molecule has 0 saturated heterocycles. The van der Waals surface area contributed by atoms with Crippen LogP contribution >= 0.6 is 0 Å². The molecular weight excluding hydrogens is 262 g/mol. The lowest BCUT2D eigenvalue weighted by Crippen LogP contribution is -2.39. The monoisotopic (exact) mass is 283 g/mol. The molecule has 110 valence electrons. The number of hydroxylamine groups is 1. The Balaban J connectivity index is 1.67. The summed E-state index contributed by atoms with van der Waals surface area (Å²) in [7, 11) is 0. The van der Waals surface area contributed by atoms with Crippen molar-refractivity contribution in [2.24, 2.45) is 0 Å². The first kappa shape index (κ1) is 14.1. The van der Waals surface area contributed by atoms with Crippen molar-refractivity contribution in [3.8, 4) is 5.75 Å². The molecule has 21 heavy (non-hydrogen) atoms. The predicted molar refractivity (Wildman–Crippen MR) is 82.9 cm³/mol. The van der Waals surface area contributed by atoms with Crippen molar-refractivity contribution < 1.29 is 9.57 Å². The minimum absolute atomic E-state index is 0.147. The summed E-state index contributed by atoms with van der Waals surface area (Å²) < 4.78 is 6.02. The fourth-order valence-corrected chi connectivity index (χ4v) is 2.71. The summed E-state index contributed by atoms with van der Waals surface area (Å²) in [6, 6.07) is 18.5. The first-order valence-electron chi connectivity index (χ1n) is 7.33. The number of fused-ring (bicyclic) bond motifs is 1. The topological polar surface area (TPSA) is 30.5 Å². The van der Waals surface area contributed by atoms with Gasteiger partial charge in [0.05, 0.1) is 12.6 Å². The van der Waals surface area contributed by atoms with E-state index in [1.54, 1.807) is 0 Å². The molecule has 1 N–H and O–H groups in total. The fraction of sp³-hybridized carbons (Fsp3) is 0.333. The highest BCUT2D eigenvalue weighted by Gasteiger charge is 2.33. The maximum absolute atomic E-state index is 6.02. The number of hydrogen-bond acceptors (Lipinski definition) is 3. The van der Waals surface area contributed by atoms with Crippen LogP contribution in [0.3, 0.4) is 0 Å². The van der Waals surface area contributed by atoms with Crippen LogP contribution in [0.4, 0.5) is 0 Å². The van der Waals surface area contributed by atoms with E-state index in [2.05, 4.69) is 37.5 Å². The van der Waals surface area contributed by atoms with E-state index in [0.717, 1.165) is 23.3 Å². The molecule has 2 aromatic carbocycles. The van der Waals surface area contributed by atoms with E-state index in [4.69, 9.17) is 9.57 Å². The van der Waals surface area contributed by atoms with Crippen molar-refractivity contribution in [2.75, 3.05) is 0 Å². The van der Waals surface area contributed by atoms with Crippen LogP contribution in [0.1, 0.15) is 37.4 Å². The van der Waals surface area contributed by atoms with Crippen molar-refractivity contribution in [1.82, 2.24) is 5.48 Å². The van der Waals surface area contributed by atoms with Crippen LogP contribution in [0.5, 0.6) is 5.75 Å². The van der Waals surface area contributed by atoms with E-state index in [9.17, 15) is 0 Å². The van der Waals surface area contributed by atoms with Crippen LogP contribution in [0, 0.1) is 0 Å². The van der Waals surface area contributed by atoms with E-state index in [1.165, 1.54) is 0 Å². The second kappa shape index (κ2) is 5.88. The van der Waals surface area contributed by atoms with Gasteiger partial charge >= 0.3 is 0 Å². The van der Waals surface area contributed by atoms with Gasteiger partial charge in [-0.05, 0) is 25.5 Å². The van der Waals surface area contributed by atoms with Crippen molar-refractivity contribution in [1.29, 1.82) is 0 Å².